The Kier molecular flexibility index (Phi) is 10.2. The van der Waals surface area contributed by atoms with Crippen LogP contribution in [0.1, 0.15) is 28.8 Å². The number of thioether (sulfide) groups is 1. The molecule has 4 N–H and O–H groups in total. The van der Waals surface area contributed by atoms with Gasteiger partial charge in [-0.1, -0.05) is 133 Å². The van der Waals surface area contributed by atoms with Crippen LogP contribution in [0.3, 0.4) is 0 Å². The number of hydrogen-bond acceptors (Lipinski definition) is 10. The molecule has 5 aromatic carbocycles. The summed E-state index contributed by atoms with van der Waals surface area (Å²) in [6.45, 7) is 0.433. The maximum atomic E-state index is 14.3. The SMILES string of the molecule is Nc1nc(/C(=N/OC(c2ccccc2)(c2ccccc2)c2ccccc2)C(=O)N[C@@H]2C(=O)N3C(C(=O)O)=C(/C=C4\CCN(c5cccc6ccccc56)C4=O)CS[C@H]23)cs1. The predicted molar refractivity (Wildman–Crippen MR) is 232 cm³/mol. The second kappa shape index (κ2) is 16.0. The van der Waals surface area contributed by atoms with Crippen LogP contribution in [0.25, 0.3) is 10.8 Å². The van der Waals surface area contributed by atoms with Gasteiger partial charge >= 0.3 is 5.97 Å². The van der Waals surface area contributed by atoms with Gasteiger partial charge in [0, 0.05) is 45.3 Å². The zero-order valence-electron chi connectivity index (χ0n) is 31.8. The number of amides is 3. The highest BCUT2D eigenvalue weighted by Crippen LogP contribution is 2.43. The van der Waals surface area contributed by atoms with E-state index in [9.17, 15) is 24.3 Å². The average molecular weight is 833 g/mol. The molecule has 3 aliphatic rings. The van der Waals surface area contributed by atoms with Gasteiger partial charge in [-0.05, 0) is 29.5 Å². The van der Waals surface area contributed by atoms with Crippen LogP contribution in [-0.2, 0) is 29.6 Å². The molecule has 1 aromatic heterocycles. The number of carbonyl (C=O) groups excluding carboxylic acids is 3. The van der Waals surface area contributed by atoms with E-state index in [0.29, 0.717) is 24.1 Å². The number of carbonyl (C=O) groups is 4. The summed E-state index contributed by atoms with van der Waals surface area (Å²) in [4.78, 5) is 68.6. The first kappa shape index (κ1) is 38.5. The third-order valence-corrected chi connectivity index (χ3v) is 12.8. The Labute approximate surface area is 352 Å². The first-order valence-corrected chi connectivity index (χ1v) is 21.0. The topological polar surface area (TPSA) is 168 Å². The molecule has 4 heterocycles. The number of thiazole rings is 1. The molecule has 60 heavy (non-hydrogen) atoms. The zero-order chi connectivity index (χ0) is 41.4. The van der Waals surface area contributed by atoms with Crippen LogP contribution in [0, 0.1) is 0 Å². The number of nitrogens with two attached hydrogens (primary N) is 1. The minimum absolute atomic E-state index is 0.136. The van der Waals surface area contributed by atoms with Crippen LogP contribution in [0.5, 0.6) is 0 Å². The number of nitrogens with zero attached hydrogens (tertiary/aromatic N) is 4. The number of β-lactam (4-membered cyclic amide) rings is 1. The number of rotatable bonds is 11. The number of aromatic nitrogens is 1. The van der Waals surface area contributed by atoms with Crippen LogP contribution in [0.4, 0.5) is 10.8 Å². The number of aliphatic carboxylic acids is 1. The van der Waals surface area contributed by atoms with Crippen LogP contribution in [0.2, 0.25) is 0 Å². The first-order valence-electron chi connectivity index (χ1n) is 19.1. The van der Waals surface area contributed by atoms with Gasteiger partial charge in [0.05, 0.1) is 5.69 Å². The van der Waals surface area contributed by atoms with Crippen molar-refractivity contribution in [2.45, 2.75) is 23.4 Å². The van der Waals surface area contributed by atoms with Crippen LogP contribution < -0.4 is 16.0 Å². The molecule has 6 aromatic rings. The van der Waals surface area contributed by atoms with Crippen molar-refractivity contribution in [1.29, 1.82) is 0 Å². The van der Waals surface area contributed by atoms with E-state index in [0.717, 1.165) is 44.5 Å². The minimum Gasteiger partial charge on any atom is -0.477 e. The summed E-state index contributed by atoms with van der Waals surface area (Å²) < 4.78 is 0. The first-order chi connectivity index (χ1) is 29.2. The lowest BCUT2D eigenvalue weighted by molar-refractivity contribution is -0.150. The average Bonchev–Trinajstić information content (AvgIpc) is 3.88. The van der Waals surface area contributed by atoms with Crippen molar-refractivity contribution in [2.75, 3.05) is 22.9 Å². The summed E-state index contributed by atoms with van der Waals surface area (Å²) in [5, 5.41) is 20.7. The van der Waals surface area contributed by atoms with Crippen molar-refractivity contribution >= 4 is 74.1 Å². The number of hydrogen-bond donors (Lipinski definition) is 3. The van der Waals surface area contributed by atoms with Gasteiger partial charge in [-0.25, -0.2) is 9.78 Å². The van der Waals surface area contributed by atoms with Gasteiger partial charge in [0.25, 0.3) is 17.7 Å². The molecule has 0 unspecified atom stereocenters. The van der Waals surface area contributed by atoms with Crippen LogP contribution >= 0.6 is 23.1 Å². The highest BCUT2D eigenvalue weighted by atomic mass is 32.2. The maximum Gasteiger partial charge on any atom is 0.352 e. The van der Waals surface area contributed by atoms with Crippen molar-refractivity contribution in [1.82, 2.24) is 15.2 Å². The number of carboxylic acid groups (broad SMARTS) is 1. The summed E-state index contributed by atoms with van der Waals surface area (Å²) in [5.41, 5.74) is 8.20. The Bertz CT molecular complexity index is 2650. The molecule has 2 fully saturated rings. The van der Waals surface area contributed by atoms with Gasteiger partial charge in [0.1, 0.15) is 22.8 Å². The largest absolute Gasteiger partial charge is 0.477 e. The van der Waals surface area contributed by atoms with E-state index in [-0.39, 0.29) is 33.9 Å². The van der Waals surface area contributed by atoms with Crippen molar-refractivity contribution in [3.05, 3.63) is 184 Å². The molecular weight excluding hydrogens is 797 g/mol. The van der Waals surface area contributed by atoms with E-state index < -0.39 is 34.8 Å². The molecule has 0 saturated carbocycles. The molecule has 9 rings (SSSR count). The highest BCUT2D eigenvalue weighted by molar-refractivity contribution is 8.00. The minimum atomic E-state index is -1.32. The number of nitrogens with one attached hydrogen (secondary N) is 1. The predicted octanol–water partition coefficient (Wildman–Crippen LogP) is 6.69. The van der Waals surface area contributed by atoms with Crippen molar-refractivity contribution in [2.24, 2.45) is 5.16 Å². The number of nitrogen functional groups attached to an aromatic ring is 1. The Morgan fingerprint density at radius 3 is 2.10 bits per heavy atom. The fourth-order valence-electron chi connectivity index (χ4n) is 7.99. The summed E-state index contributed by atoms with van der Waals surface area (Å²) >= 11 is 2.41. The molecular formula is C46H36N6O6S2. The third kappa shape index (κ3) is 6.78. The molecule has 12 nitrogen and oxygen atoms in total. The second-order valence-corrected chi connectivity index (χ2v) is 16.3. The molecule has 3 amide bonds. The molecule has 298 valence electrons. The van der Waals surface area contributed by atoms with Crippen molar-refractivity contribution in [3.63, 3.8) is 0 Å². The Balaban J connectivity index is 1.01. The third-order valence-electron chi connectivity index (χ3n) is 10.8. The van der Waals surface area contributed by atoms with E-state index in [1.54, 1.807) is 16.4 Å². The number of allylic oxidation sites excluding steroid dienone is 1. The van der Waals surface area contributed by atoms with E-state index in [1.165, 1.54) is 16.7 Å². The fraction of sp³-hybridized carbons (Fsp3) is 0.130. The van der Waals surface area contributed by atoms with Gasteiger partial charge in [-0.2, -0.15) is 0 Å². The molecule has 3 aliphatic heterocycles. The number of benzene rings is 5. The van der Waals surface area contributed by atoms with Gasteiger partial charge in [0.2, 0.25) is 5.60 Å². The number of oxime groups is 1. The molecule has 0 aliphatic carbocycles. The number of fused-ring (bicyclic) bond motifs is 2. The zero-order valence-corrected chi connectivity index (χ0v) is 33.4. The second-order valence-electron chi connectivity index (χ2n) is 14.3. The van der Waals surface area contributed by atoms with Crippen LogP contribution in [-0.4, -0.2) is 68.1 Å². The van der Waals surface area contributed by atoms with E-state index >= 15 is 0 Å². The Hall–Kier alpha value is -7.03. The monoisotopic (exact) mass is 832 g/mol. The summed E-state index contributed by atoms with van der Waals surface area (Å²) in [6, 6.07) is 41.0. The molecule has 2 saturated heterocycles. The van der Waals surface area contributed by atoms with Crippen molar-refractivity contribution < 1.29 is 29.1 Å². The Morgan fingerprint density at radius 1 is 0.867 bits per heavy atom. The smallest absolute Gasteiger partial charge is 0.352 e. The summed E-state index contributed by atoms with van der Waals surface area (Å²) in [7, 11) is 0. The van der Waals surface area contributed by atoms with Crippen molar-refractivity contribution in [3.8, 4) is 0 Å². The van der Waals surface area contributed by atoms with E-state index in [1.807, 2.05) is 133 Å². The van der Waals surface area contributed by atoms with Gasteiger partial charge in [0.15, 0.2) is 10.8 Å². The van der Waals surface area contributed by atoms with Gasteiger partial charge < -0.3 is 25.9 Å². The van der Waals surface area contributed by atoms with Gasteiger partial charge in [-0.3, -0.25) is 19.3 Å². The lowest BCUT2D eigenvalue weighted by Crippen LogP contribution is -2.71. The standard InChI is InChI=1S/C46H36N6O6S2/c47-45-48-35(27-60-45)37(50-58-46(31-15-4-1-5-16-31,32-17-6-2-7-18-32)33-19-8-3-9-20-33)40(53)49-38-42(55)52-39(44(56)57)30(26-59-43(38)52)25-29-23-24-51(41(29)54)36-22-12-14-28-13-10-11-21-34(28)36/h1-22,25,27,38,43H,23-24,26H2,(H2,47,48)(H,49,53)(H,56,57)/b29-25+,50-37-/t38-,43-/m1/s1. The summed E-state index contributed by atoms with van der Waals surface area (Å²) in [5.74, 6) is -2.72. The van der Waals surface area contributed by atoms with Crippen LogP contribution in [0.15, 0.2) is 167 Å². The highest BCUT2D eigenvalue weighted by Gasteiger charge is 2.54. The molecule has 2 atom stereocenters. The molecule has 0 radical (unpaired) electrons. The number of anilines is 2. The summed E-state index contributed by atoms with van der Waals surface area (Å²) in [6.07, 6.45) is 2.01. The lowest BCUT2D eigenvalue weighted by Gasteiger charge is -2.49. The van der Waals surface area contributed by atoms with E-state index in [4.69, 9.17) is 10.6 Å². The number of carboxylic acids is 1. The normalized spacial score (nSPS) is 18.7. The fourth-order valence-corrected chi connectivity index (χ4v) is 9.84. The molecule has 0 bridgehead atoms. The molecule has 0 spiro atoms. The van der Waals surface area contributed by atoms with Gasteiger partial charge in [-0.15, -0.1) is 23.1 Å². The Morgan fingerprint density at radius 2 is 1.48 bits per heavy atom. The van der Waals surface area contributed by atoms with E-state index in [2.05, 4.69) is 15.5 Å². The lowest BCUT2D eigenvalue weighted by atomic mass is 9.80. The maximum absolute atomic E-state index is 14.3. The quantitative estimate of drug-likeness (QED) is 0.0424. The molecule has 14 heteroatoms.